The van der Waals surface area contributed by atoms with Crippen molar-refractivity contribution in [2.75, 3.05) is 9.80 Å². The Morgan fingerprint density at radius 2 is 0.634 bits per heavy atom. The summed E-state index contributed by atoms with van der Waals surface area (Å²) in [4.78, 5) is 5.06. The molecule has 0 atom stereocenters. The first-order valence-electron chi connectivity index (χ1n) is 29.8. The van der Waals surface area contributed by atoms with Crippen molar-refractivity contribution in [3.63, 3.8) is 0 Å². The summed E-state index contributed by atoms with van der Waals surface area (Å²) in [5, 5.41) is 0. The molecule has 0 aromatic heterocycles. The lowest BCUT2D eigenvalue weighted by Gasteiger charge is -2.47. The van der Waals surface area contributed by atoms with Gasteiger partial charge in [-0.2, -0.15) is 0 Å². The number of fused-ring (bicyclic) bond motifs is 10. The maximum Gasteiger partial charge on any atom is 0.256 e. The van der Waals surface area contributed by atoms with Crippen molar-refractivity contribution in [3.8, 4) is 67.5 Å². The normalized spacial score (nSPS) is 15.4. The minimum absolute atomic E-state index is 0.187. The summed E-state index contributed by atoms with van der Waals surface area (Å²) < 4.78 is 15.9. The van der Waals surface area contributed by atoms with Crippen LogP contribution in [-0.4, -0.2) is 13.4 Å². The lowest BCUT2D eigenvalue weighted by molar-refractivity contribution is 0.477. The van der Waals surface area contributed by atoms with E-state index in [9.17, 15) is 0 Å². The summed E-state index contributed by atoms with van der Waals surface area (Å²) in [6.45, 7) is -0.375. The van der Waals surface area contributed by atoms with Crippen LogP contribution in [-0.2, 0) is 0 Å². The zero-order valence-corrected chi connectivity index (χ0v) is 45.8. The summed E-state index contributed by atoms with van der Waals surface area (Å²) >= 11 is 0. The maximum atomic E-state index is 7.93. The summed E-state index contributed by atoms with van der Waals surface area (Å²) in [6, 6.07) is 90.5. The van der Waals surface area contributed by atoms with E-state index < -0.39 is 0 Å². The number of hydrogen-bond acceptors (Lipinski definition) is 4. The third-order valence-corrected chi connectivity index (χ3v) is 19.1. The molecule has 390 valence electrons. The molecule has 6 heteroatoms. The number of ether oxygens (including phenoxy) is 2. The number of benzene rings is 11. The van der Waals surface area contributed by atoms with Crippen molar-refractivity contribution in [2.24, 2.45) is 0 Å². The van der Waals surface area contributed by atoms with Gasteiger partial charge >= 0.3 is 0 Å². The number of nitrogens with zero attached hydrogens (tertiary/aromatic N) is 2. The molecule has 0 unspecified atom stereocenters. The zero-order chi connectivity index (χ0) is 53.8. The molecule has 11 aromatic carbocycles. The largest absolute Gasteiger partial charge is 0.456 e. The minimum Gasteiger partial charge on any atom is -0.456 e. The van der Waals surface area contributed by atoms with Gasteiger partial charge in [-0.05, 0) is 164 Å². The van der Waals surface area contributed by atoms with Crippen LogP contribution >= 0.6 is 0 Å². The van der Waals surface area contributed by atoms with E-state index in [-0.39, 0.29) is 13.4 Å². The third kappa shape index (κ3) is 7.60. The molecule has 2 aliphatic carbocycles. The van der Waals surface area contributed by atoms with Crippen LogP contribution in [0.5, 0.6) is 23.0 Å². The molecule has 0 saturated heterocycles. The van der Waals surface area contributed by atoms with Crippen LogP contribution in [0, 0.1) is 0 Å². The van der Waals surface area contributed by atoms with Crippen LogP contribution in [0.2, 0.25) is 0 Å². The van der Waals surface area contributed by atoms with E-state index >= 15 is 0 Å². The second kappa shape index (κ2) is 19.2. The predicted molar refractivity (Wildman–Crippen MR) is 342 cm³/mol. The molecule has 0 spiro atoms. The van der Waals surface area contributed by atoms with Crippen molar-refractivity contribution < 1.29 is 9.47 Å². The van der Waals surface area contributed by atoms with Gasteiger partial charge < -0.3 is 19.3 Å². The molecule has 0 bridgehead atoms. The van der Waals surface area contributed by atoms with Gasteiger partial charge in [-0.1, -0.05) is 220 Å². The van der Waals surface area contributed by atoms with E-state index in [1.807, 2.05) is 0 Å². The van der Waals surface area contributed by atoms with Crippen molar-refractivity contribution >= 4 is 80.3 Å². The van der Waals surface area contributed by atoms with E-state index in [1.54, 1.807) is 0 Å². The van der Waals surface area contributed by atoms with E-state index in [0.717, 1.165) is 68.0 Å². The van der Waals surface area contributed by atoms with Crippen molar-refractivity contribution in [1.82, 2.24) is 0 Å². The molecule has 0 radical (unpaired) electrons. The fourth-order valence-electron chi connectivity index (χ4n) is 15.1. The lowest BCUT2D eigenvalue weighted by atomic mass is 9.31. The first kappa shape index (κ1) is 47.5. The predicted octanol–water partition coefficient (Wildman–Crippen LogP) is 16.5. The zero-order valence-electron chi connectivity index (χ0n) is 45.8. The van der Waals surface area contributed by atoms with Crippen LogP contribution in [0.15, 0.2) is 243 Å². The van der Waals surface area contributed by atoms with Crippen LogP contribution in [0.1, 0.15) is 74.3 Å². The molecule has 0 N–H and O–H groups in total. The van der Waals surface area contributed by atoms with Crippen LogP contribution in [0.4, 0.5) is 34.1 Å². The fraction of sp³-hybridized carbons (Fsp3) is 0.132. The molecule has 2 saturated carbocycles. The summed E-state index contributed by atoms with van der Waals surface area (Å²) in [7, 11) is 0. The minimum atomic E-state index is -0.187. The topological polar surface area (TPSA) is 24.9 Å². The average molecular weight is 1050 g/mol. The Labute approximate surface area is 481 Å². The first-order valence-corrected chi connectivity index (χ1v) is 29.8. The highest BCUT2D eigenvalue weighted by atomic mass is 16.5. The number of rotatable bonds is 8. The van der Waals surface area contributed by atoms with Crippen molar-refractivity contribution in [1.29, 1.82) is 0 Å². The monoisotopic (exact) mass is 1050 g/mol. The van der Waals surface area contributed by atoms with Crippen LogP contribution in [0.25, 0.3) is 44.5 Å². The molecule has 4 aliphatic heterocycles. The van der Waals surface area contributed by atoms with E-state index in [2.05, 4.69) is 252 Å². The number of hydrogen-bond donors (Lipinski definition) is 0. The Morgan fingerprint density at radius 1 is 0.305 bits per heavy atom. The highest BCUT2D eigenvalue weighted by Gasteiger charge is 2.52. The SMILES string of the molecule is c1ccc(-c2ccc(N3c4ccc(-c5ccccc5)cc4B4c5cc(C6CCCC6)ccc5Oc5c4c3c3c4c5N(c5ccc(-c6ccccc6)cc5)c5ccc(-c6ccccc6)cc5B4c4cc(C5CCCC5)ccc4O3)cc2)cc1. The molecule has 4 heterocycles. The highest BCUT2D eigenvalue weighted by molar-refractivity contribution is 7.02. The van der Waals surface area contributed by atoms with Gasteiger partial charge in [-0.15, -0.1) is 0 Å². The summed E-state index contributed by atoms with van der Waals surface area (Å²) in [5.41, 5.74) is 26.0. The van der Waals surface area contributed by atoms with E-state index in [1.165, 1.54) is 129 Å². The summed E-state index contributed by atoms with van der Waals surface area (Å²) in [5.74, 6) is 4.65. The lowest BCUT2D eigenvalue weighted by Crippen LogP contribution is -2.64. The summed E-state index contributed by atoms with van der Waals surface area (Å²) in [6.07, 6.45) is 9.93. The maximum absolute atomic E-state index is 7.93. The van der Waals surface area contributed by atoms with Crippen LogP contribution < -0.4 is 52.1 Å². The Hall–Kier alpha value is -9.25. The van der Waals surface area contributed by atoms with Gasteiger partial charge in [0, 0.05) is 33.7 Å². The molecule has 2 fully saturated rings. The molecule has 11 aromatic rings. The molecular weight excluding hydrogens is 994 g/mol. The van der Waals surface area contributed by atoms with Gasteiger partial charge in [0.1, 0.15) is 23.0 Å². The first-order chi connectivity index (χ1) is 40.7. The van der Waals surface area contributed by atoms with Crippen LogP contribution in [0.3, 0.4) is 0 Å². The third-order valence-electron chi connectivity index (χ3n) is 19.1. The van der Waals surface area contributed by atoms with E-state index in [4.69, 9.17) is 9.47 Å². The van der Waals surface area contributed by atoms with Gasteiger partial charge in [-0.25, -0.2) is 0 Å². The van der Waals surface area contributed by atoms with Gasteiger partial charge in [0.05, 0.1) is 11.4 Å². The quantitative estimate of drug-likeness (QED) is 0.142. The second-order valence-electron chi connectivity index (χ2n) is 23.6. The Morgan fingerprint density at radius 3 is 1.00 bits per heavy atom. The second-order valence-corrected chi connectivity index (χ2v) is 23.6. The average Bonchev–Trinajstić information content (AvgIpc) is 3.14. The standard InChI is InChI=1S/C76H58B2N2O2/c1-5-17-49(18-6-1)55-29-37-61(38-30-55)79-67-41-33-57(51-21-9-3-10-22-51)45-63(67)77-65-47-59(53-25-13-14-26-53)36-44-70(65)82-76-71(77)73(79)75-72-74(76)80(62-39-31-56(32-40-62)50-19-7-2-8-20-50)68-42-34-58(52-23-11-4-12-24-52)46-64(68)78(72)66-48-60(35-43-69(66)81-75)54-27-15-16-28-54/h1-12,17-24,29-48,53-54H,13-16,25-28H2. The highest BCUT2D eigenvalue weighted by Crippen LogP contribution is 2.55. The number of anilines is 6. The van der Waals surface area contributed by atoms with Gasteiger partial charge in [-0.3, -0.25) is 0 Å². The fourth-order valence-corrected chi connectivity index (χ4v) is 15.1. The molecule has 4 nitrogen and oxygen atoms in total. The van der Waals surface area contributed by atoms with Gasteiger partial charge in [0.25, 0.3) is 13.4 Å². The molecule has 82 heavy (non-hydrogen) atoms. The molecular formula is C76H58B2N2O2. The smallest absolute Gasteiger partial charge is 0.256 e. The van der Waals surface area contributed by atoms with Crippen molar-refractivity contribution in [2.45, 2.75) is 63.2 Å². The van der Waals surface area contributed by atoms with Gasteiger partial charge in [0.2, 0.25) is 0 Å². The van der Waals surface area contributed by atoms with E-state index in [0.29, 0.717) is 11.8 Å². The molecule has 0 amide bonds. The Balaban J connectivity index is 0.993. The molecule has 6 aliphatic rings. The van der Waals surface area contributed by atoms with Gasteiger partial charge in [0.15, 0.2) is 0 Å². The Kier molecular flexibility index (Phi) is 11.1. The Bertz CT molecular complexity index is 4010. The van der Waals surface area contributed by atoms with Crippen molar-refractivity contribution in [3.05, 3.63) is 254 Å². The molecule has 17 rings (SSSR count).